The molecule has 2 heterocycles. The van der Waals surface area contributed by atoms with Crippen LogP contribution in [0.1, 0.15) is 22.0 Å². The van der Waals surface area contributed by atoms with Crippen molar-refractivity contribution in [1.82, 2.24) is 4.98 Å². The molecule has 0 fully saturated rings. The van der Waals surface area contributed by atoms with Crippen molar-refractivity contribution in [3.05, 3.63) is 46.1 Å². The molecular formula is C12H11BrN2O3. The Morgan fingerprint density at radius 2 is 2.22 bits per heavy atom. The lowest BCUT2D eigenvalue weighted by atomic mass is 10.3. The van der Waals surface area contributed by atoms with E-state index in [9.17, 15) is 4.79 Å². The Bertz CT molecular complexity index is 580. The van der Waals surface area contributed by atoms with Gasteiger partial charge in [0.05, 0.1) is 17.9 Å². The van der Waals surface area contributed by atoms with Gasteiger partial charge >= 0.3 is 5.97 Å². The first-order valence-corrected chi connectivity index (χ1v) is 6.04. The maximum atomic E-state index is 10.7. The van der Waals surface area contributed by atoms with Crippen LogP contribution in [0.5, 0.6) is 0 Å². The normalized spacial score (nSPS) is 10.3. The number of aryl methyl sites for hydroxylation is 1. The molecule has 0 aliphatic heterocycles. The monoisotopic (exact) mass is 310 g/mol. The summed E-state index contributed by atoms with van der Waals surface area (Å²) in [5, 5.41) is 11.9. The molecule has 0 spiro atoms. The molecule has 94 valence electrons. The van der Waals surface area contributed by atoms with Gasteiger partial charge in [0.2, 0.25) is 5.76 Å². The van der Waals surface area contributed by atoms with E-state index in [1.54, 1.807) is 6.07 Å². The molecule has 2 aromatic rings. The molecule has 0 saturated carbocycles. The molecule has 0 saturated heterocycles. The summed E-state index contributed by atoms with van der Waals surface area (Å²) in [5.41, 5.74) is 1.74. The number of furan rings is 1. The number of hydrogen-bond donors (Lipinski definition) is 2. The molecule has 6 heteroatoms. The smallest absolute Gasteiger partial charge is 0.371 e. The lowest BCUT2D eigenvalue weighted by molar-refractivity contribution is 0.0660. The second-order valence-electron chi connectivity index (χ2n) is 3.69. The molecule has 0 bridgehead atoms. The van der Waals surface area contributed by atoms with Gasteiger partial charge in [-0.05, 0) is 47.1 Å². The average Bonchev–Trinajstić information content (AvgIpc) is 2.76. The van der Waals surface area contributed by atoms with Gasteiger partial charge in [-0.3, -0.25) is 0 Å². The first kappa shape index (κ1) is 12.6. The molecule has 0 aliphatic rings. The fourth-order valence-corrected chi connectivity index (χ4v) is 1.89. The minimum absolute atomic E-state index is 0.0579. The molecule has 0 unspecified atom stereocenters. The number of pyridine rings is 1. The van der Waals surface area contributed by atoms with Crippen molar-refractivity contribution in [3.8, 4) is 0 Å². The third-order valence-electron chi connectivity index (χ3n) is 2.38. The summed E-state index contributed by atoms with van der Waals surface area (Å²) in [6, 6.07) is 6.80. The fourth-order valence-electron chi connectivity index (χ4n) is 1.49. The van der Waals surface area contributed by atoms with Crippen molar-refractivity contribution in [3.63, 3.8) is 0 Å². The topological polar surface area (TPSA) is 75.4 Å². The zero-order valence-electron chi connectivity index (χ0n) is 9.61. The zero-order chi connectivity index (χ0) is 13.1. The summed E-state index contributed by atoms with van der Waals surface area (Å²) >= 11 is 3.29. The van der Waals surface area contributed by atoms with Crippen LogP contribution < -0.4 is 5.32 Å². The Labute approximate surface area is 112 Å². The number of aromatic carboxylic acids is 1. The molecule has 2 aromatic heterocycles. The minimum Gasteiger partial charge on any atom is -0.475 e. The number of halogens is 1. The third kappa shape index (κ3) is 2.89. The maximum absolute atomic E-state index is 10.7. The van der Waals surface area contributed by atoms with Gasteiger partial charge in [0, 0.05) is 0 Å². The van der Waals surface area contributed by atoms with Crippen LogP contribution in [0.4, 0.5) is 5.69 Å². The molecule has 2 rings (SSSR count). The third-order valence-corrected chi connectivity index (χ3v) is 2.82. The number of nitrogens with zero attached hydrogens (tertiary/aromatic N) is 1. The van der Waals surface area contributed by atoms with Gasteiger partial charge in [0.25, 0.3) is 0 Å². The van der Waals surface area contributed by atoms with Crippen LogP contribution in [0, 0.1) is 6.92 Å². The van der Waals surface area contributed by atoms with Crippen molar-refractivity contribution < 1.29 is 14.3 Å². The van der Waals surface area contributed by atoms with Gasteiger partial charge in [0.15, 0.2) is 0 Å². The quantitative estimate of drug-likeness (QED) is 0.849. The minimum atomic E-state index is -1.07. The van der Waals surface area contributed by atoms with E-state index in [4.69, 9.17) is 9.52 Å². The standard InChI is InChI=1S/C12H11BrN2O3/c1-7-9(3-5-11(13)15-7)14-6-8-2-4-10(18-8)12(16)17/h2-5,14H,6H2,1H3,(H,16,17). The van der Waals surface area contributed by atoms with Gasteiger partial charge in [-0.15, -0.1) is 0 Å². The van der Waals surface area contributed by atoms with Crippen LogP contribution >= 0.6 is 15.9 Å². The summed E-state index contributed by atoms with van der Waals surface area (Å²) in [6.07, 6.45) is 0. The van der Waals surface area contributed by atoms with Crippen LogP contribution in [0.25, 0.3) is 0 Å². The van der Waals surface area contributed by atoms with E-state index in [0.29, 0.717) is 12.3 Å². The lowest BCUT2D eigenvalue weighted by Gasteiger charge is -2.07. The Balaban J connectivity index is 2.04. The highest BCUT2D eigenvalue weighted by Crippen LogP contribution is 2.17. The number of carboxylic acid groups (broad SMARTS) is 1. The number of carboxylic acids is 1. The van der Waals surface area contributed by atoms with Crippen LogP contribution in [0.3, 0.4) is 0 Å². The van der Waals surface area contributed by atoms with Gasteiger partial charge in [0.1, 0.15) is 10.4 Å². The van der Waals surface area contributed by atoms with E-state index in [1.807, 2.05) is 19.1 Å². The van der Waals surface area contributed by atoms with Crippen molar-refractivity contribution in [2.45, 2.75) is 13.5 Å². The summed E-state index contributed by atoms with van der Waals surface area (Å²) in [7, 11) is 0. The summed E-state index contributed by atoms with van der Waals surface area (Å²) < 4.78 is 5.91. The summed E-state index contributed by atoms with van der Waals surface area (Å²) in [4.78, 5) is 14.9. The van der Waals surface area contributed by atoms with Gasteiger partial charge in [-0.25, -0.2) is 9.78 Å². The Morgan fingerprint density at radius 1 is 1.44 bits per heavy atom. The molecule has 0 amide bonds. The highest BCUT2D eigenvalue weighted by Gasteiger charge is 2.09. The van der Waals surface area contributed by atoms with Gasteiger partial charge in [-0.1, -0.05) is 0 Å². The molecule has 18 heavy (non-hydrogen) atoms. The van der Waals surface area contributed by atoms with Crippen LogP contribution in [0.15, 0.2) is 33.3 Å². The van der Waals surface area contributed by atoms with Crippen molar-refractivity contribution in [2.24, 2.45) is 0 Å². The Kier molecular flexibility index (Phi) is 3.66. The SMILES string of the molecule is Cc1nc(Br)ccc1NCc1ccc(C(=O)O)o1. The predicted octanol–water partition coefficient (Wildman–Crippen LogP) is 3.06. The number of hydrogen-bond acceptors (Lipinski definition) is 4. The van der Waals surface area contributed by atoms with E-state index in [1.165, 1.54) is 6.07 Å². The molecule has 0 aliphatic carbocycles. The first-order valence-electron chi connectivity index (χ1n) is 5.25. The summed E-state index contributed by atoms with van der Waals surface area (Å²) in [5.74, 6) is -0.560. The maximum Gasteiger partial charge on any atom is 0.371 e. The van der Waals surface area contributed by atoms with Crippen LogP contribution in [-0.4, -0.2) is 16.1 Å². The second kappa shape index (κ2) is 5.22. The van der Waals surface area contributed by atoms with Crippen molar-refractivity contribution in [1.29, 1.82) is 0 Å². The zero-order valence-corrected chi connectivity index (χ0v) is 11.2. The van der Waals surface area contributed by atoms with E-state index in [-0.39, 0.29) is 5.76 Å². The Morgan fingerprint density at radius 3 is 2.83 bits per heavy atom. The first-order chi connectivity index (χ1) is 8.56. The Hall–Kier alpha value is -1.82. The fraction of sp³-hybridized carbons (Fsp3) is 0.167. The molecule has 0 radical (unpaired) electrons. The molecule has 2 N–H and O–H groups in total. The average molecular weight is 311 g/mol. The van der Waals surface area contributed by atoms with Crippen molar-refractivity contribution >= 4 is 27.6 Å². The van der Waals surface area contributed by atoms with E-state index < -0.39 is 5.97 Å². The van der Waals surface area contributed by atoms with Crippen molar-refractivity contribution in [2.75, 3.05) is 5.32 Å². The highest BCUT2D eigenvalue weighted by atomic mass is 79.9. The molecule has 0 atom stereocenters. The highest BCUT2D eigenvalue weighted by molar-refractivity contribution is 9.10. The molecular weight excluding hydrogens is 300 g/mol. The lowest BCUT2D eigenvalue weighted by Crippen LogP contribution is -2.01. The number of aromatic nitrogens is 1. The number of rotatable bonds is 4. The second-order valence-corrected chi connectivity index (χ2v) is 4.50. The number of nitrogens with one attached hydrogen (secondary N) is 1. The van der Waals surface area contributed by atoms with Gasteiger partial charge < -0.3 is 14.8 Å². The van der Waals surface area contributed by atoms with E-state index in [0.717, 1.165) is 16.0 Å². The summed E-state index contributed by atoms with van der Waals surface area (Å²) in [6.45, 7) is 2.30. The number of carbonyl (C=O) groups is 1. The molecule has 5 nitrogen and oxygen atoms in total. The number of anilines is 1. The van der Waals surface area contributed by atoms with E-state index >= 15 is 0 Å². The van der Waals surface area contributed by atoms with Crippen LogP contribution in [-0.2, 0) is 6.54 Å². The largest absolute Gasteiger partial charge is 0.475 e. The molecule has 0 aromatic carbocycles. The van der Waals surface area contributed by atoms with Gasteiger partial charge in [-0.2, -0.15) is 0 Å². The van der Waals surface area contributed by atoms with E-state index in [2.05, 4.69) is 26.2 Å². The predicted molar refractivity (Wildman–Crippen MR) is 69.7 cm³/mol. The van der Waals surface area contributed by atoms with Crippen LogP contribution in [0.2, 0.25) is 0 Å².